The van der Waals surface area contributed by atoms with E-state index in [1.165, 1.54) is 0 Å². The first-order chi connectivity index (χ1) is 4.04. The highest BCUT2D eigenvalue weighted by molar-refractivity contribution is 5.77. The van der Waals surface area contributed by atoms with E-state index >= 15 is 0 Å². The Kier molecular flexibility index (Phi) is 18.3. The predicted octanol–water partition coefficient (Wildman–Crippen LogP) is -3.87. The summed E-state index contributed by atoms with van der Waals surface area (Å²) in [7, 11) is 0. The van der Waals surface area contributed by atoms with Gasteiger partial charge in [-0.15, -0.1) is 0 Å². The number of quaternary nitrogens is 2. The van der Waals surface area contributed by atoms with Crippen LogP contribution in [0.25, 0.3) is 0 Å². The van der Waals surface area contributed by atoms with Crippen molar-refractivity contribution < 1.29 is 25.3 Å². The smallest absolute Gasteiger partial charge is 0.0586 e. The Morgan fingerprint density at radius 3 is 1.67 bits per heavy atom. The third-order valence-corrected chi connectivity index (χ3v) is 0.689. The molecule has 0 rings (SSSR count). The first-order valence-electron chi connectivity index (χ1n) is 2.20. The number of aliphatic carboxylic acids is 2. The molecule has 0 amide bonds. The van der Waals surface area contributed by atoms with E-state index in [-0.39, 0.29) is 17.8 Å². The highest BCUT2D eigenvalue weighted by atomic mass is 16.4. The van der Waals surface area contributed by atoms with Crippen molar-refractivity contribution in [1.82, 2.24) is 12.3 Å². The van der Waals surface area contributed by atoms with Crippen molar-refractivity contribution in [2.75, 3.05) is 0 Å². The molecule has 8 heteroatoms. The van der Waals surface area contributed by atoms with Crippen LogP contribution in [0.1, 0.15) is 6.42 Å². The van der Waals surface area contributed by atoms with Gasteiger partial charge in [-0.3, -0.25) is 0 Å². The largest absolute Gasteiger partial charge is 0.550 e. The number of rotatable bonds is 3. The Labute approximate surface area is 68.8 Å². The van der Waals surface area contributed by atoms with Crippen LogP contribution in [0.15, 0.2) is 0 Å². The van der Waals surface area contributed by atoms with Crippen LogP contribution >= 0.6 is 0 Å². The topological polar surface area (TPSA) is 211 Å². The molecular formula is C4H15N3O5. The van der Waals surface area contributed by atoms with Crippen LogP contribution in [-0.4, -0.2) is 23.5 Å². The third-order valence-electron chi connectivity index (χ3n) is 0.689. The highest BCUT2D eigenvalue weighted by Gasteiger charge is 2.01. The molecule has 0 aromatic rings. The first kappa shape index (κ1) is 22.4. The summed E-state index contributed by atoms with van der Waals surface area (Å²) < 4.78 is 0. The number of nitrogens with two attached hydrogens (primary N) is 1. The summed E-state index contributed by atoms with van der Waals surface area (Å²) in [6.07, 6.45) is -0.706. The molecule has 0 aliphatic rings. The van der Waals surface area contributed by atoms with Gasteiger partial charge >= 0.3 is 0 Å². The molecule has 0 radical (unpaired) electrons. The van der Waals surface area contributed by atoms with Crippen LogP contribution in [0, 0.1) is 0 Å². The van der Waals surface area contributed by atoms with Gasteiger partial charge < -0.3 is 43.3 Å². The molecule has 0 saturated carbocycles. The molecule has 0 aliphatic heterocycles. The average Bonchev–Trinajstić information content (AvgIpc) is 1.63. The monoisotopic (exact) mass is 185 g/mol. The number of hydrogen-bond donors (Lipinski definition) is 3. The van der Waals surface area contributed by atoms with Gasteiger partial charge in [0.2, 0.25) is 0 Å². The van der Waals surface area contributed by atoms with Crippen molar-refractivity contribution in [2.24, 2.45) is 5.73 Å². The second-order valence-corrected chi connectivity index (χ2v) is 1.50. The highest BCUT2D eigenvalue weighted by Crippen LogP contribution is 1.81. The minimum atomic E-state index is -1.58. The van der Waals surface area contributed by atoms with Gasteiger partial charge in [0.25, 0.3) is 0 Å². The van der Waals surface area contributed by atoms with Gasteiger partial charge in [0, 0.05) is 18.4 Å². The summed E-state index contributed by atoms with van der Waals surface area (Å²) in [5, 5.41) is 19.3. The summed E-state index contributed by atoms with van der Waals surface area (Å²) in [4.78, 5) is 19.3. The molecule has 0 unspecified atom stereocenters. The van der Waals surface area contributed by atoms with Crippen LogP contribution in [0.2, 0.25) is 0 Å². The lowest BCUT2D eigenvalue weighted by atomic mass is 10.2. The number of carbonyl (C=O) groups is 2. The van der Waals surface area contributed by atoms with Crippen LogP contribution in [0.3, 0.4) is 0 Å². The van der Waals surface area contributed by atoms with Crippen molar-refractivity contribution in [3.8, 4) is 0 Å². The van der Waals surface area contributed by atoms with Gasteiger partial charge in [0.1, 0.15) is 0 Å². The molecule has 0 heterocycles. The number of carboxylic acids is 2. The van der Waals surface area contributed by atoms with E-state index in [4.69, 9.17) is 5.73 Å². The summed E-state index contributed by atoms with van der Waals surface area (Å²) in [5.74, 6) is -3.08. The molecular weight excluding hydrogens is 170 g/mol. The number of carboxylic acid groups (broad SMARTS) is 2. The summed E-state index contributed by atoms with van der Waals surface area (Å²) in [5.41, 5.74) is 4.73. The molecule has 12 N–H and O–H groups in total. The van der Waals surface area contributed by atoms with Crippen LogP contribution in [0.4, 0.5) is 0 Å². The van der Waals surface area contributed by atoms with Gasteiger partial charge in [-0.05, 0) is 0 Å². The molecule has 0 aromatic heterocycles. The van der Waals surface area contributed by atoms with Crippen molar-refractivity contribution in [3.63, 3.8) is 0 Å². The standard InChI is InChI=1S/C4H7NO4.2H3N.H2O/c5-2(4(8)9)1-3(6)7;;;/h2H,1,5H2,(H,6,7)(H,8,9);2*1H3;1H2/t2-;;;/m0.../s1. The van der Waals surface area contributed by atoms with Gasteiger partial charge in [-0.2, -0.15) is 0 Å². The van der Waals surface area contributed by atoms with E-state index < -0.39 is 24.4 Å². The molecule has 1 atom stereocenters. The number of carbonyl (C=O) groups excluding carboxylic acids is 2. The fourth-order valence-corrected chi connectivity index (χ4v) is 0.263. The van der Waals surface area contributed by atoms with E-state index in [2.05, 4.69) is 0 Å². The normalized spacial score (nSPS) is 9.42. The molecule has 0 fully saturated rings. The fraction of sp³-hybridized carbons (Fsp3) is 0.500. The van der Waals surface area contributed by atoms with Crippen molar-refractivity contribution in [1.29, 1.82) is 0 Å². The van der Waals surface area contributed by atoms with Gasteiger partial charge in [-0.25, -0.2) is 0 Å². The summed E-state index contributed by atoms with van der Waals surface area (Å²) in [6, 6.07) is -1.46. The van der Waals surface area contributed by atoms with Crippen molar-refractivity contribution in [2.45, 2.75) is 12.5 Å². The molecule has 0 aromatic carbocycles. The van der Waals surface area contributed by atoms with E-state index in [0.717, 1.165) is 0 Å². The minimum absolute atomic E-state index is 0. The predicted molar refractivity (Wildman–Crippen MR) is 38.2 cm³/mol. The quantitative estimate of drug-likeness (QED) is 0.401. The molecule has 0 spiro atoms. The third kappa shape index (κ3) is 11.6. The number of hydrogen-bond acceptors (Lipinski definition) is 5. The fourth-order valence-electron chi connectivity index (χ4n) is 0.263. The van der Waals surface area contributed by atoms with Crippen molar-refractivity contribution in [3.05, 3.63) is 0 Å². The maximum absolute atomic E-state index is 9.71. The summed E-state index contributed by atoms with van der Waals surface area (Å²) >= 11 is 0. The maximum Gasteiger partial charge on any atom is 0.0586 e. The van der Waals surface area contributed by atoms with Gasteiger partial charge in [-0.1, -0.05) is 0 Å². The van der Waals surface area contributed by atoms with E-state index in [9.17, 15) is 19.8 Å². The van der Waals surface area contributed by atoms with Crippen LogP contribution in [-0.2, 0) is 9.59 Å². The van der Waals surface area contributed by atoms with E-state index in [1.807, 2.05) is 0 Å². The first-order valence-corrected chi connectivity index (χ1v) is 2.20. The average molecular weight is 185 g/mol. The Balaban J connectivity index is -0.000000107. The lowest BCUT2D eigenvalue weighted by Gasteiger charge is -2.11. The summed E-state index contributed by atoms with van der Waals surface area (Å²) in [6.45, 7) is 0. The minimum Gasteiger partial charge on any atom is -0.550 e. The van der Waals surface area contributed by atoms with E-state index in [0.29, 0.717) is 0 Å². The second-order valence-electron chi connectivity index (χ2n) is 1.50. The molecule has 0 bridgehead atoms. The van der Waals surface area contributed by atoms with Crippen molar-refractivity contribution >= 4 is 11.9 Å². The second kappa shape index (κ2) is 9.78. The zero-order valence-corrected chi connectivity index (χ0v) is 6.99. The molecule has 0 saturated heterocycles. The van der Waals surface area contributed by atoms with Crippen LogP contribution in [0.5, 0.6) is 0 Å². The van der Waals surface area contributed by atoms with E-state index in [1.54, 1.807) is 0 Å². The maximum atomic E-state index is 9.71. The zero-order valence-electron chi connectivity index (χ0n) is 6.99. The molecule has 76 valence electrons. The Morgan fingerprint density at radius 1 is 1.25 bits per heavy atom. The lowest BCUT2D eigenvalue weighted by molar-refractivity contribution is -0.316. The lowest BCUT2D eigenvalue weighted by Crippen LogP contribution is -2.45. The Hall–Kier alpha value is -1.22. The zero-order chi connectivity index (χ0) is 7.44. The molecule has 12 heavy (non-hydrogen) atoms. The van der Waals surface area contributed by atoms with Crippen LogP contribution < -0.4 is 28.2 Å². The SMILES string of the molecule is N[C@@H](CC(=O)[O-])C(=O)[O-].O.[NH4+].[NH4+]. The molecule has 0 aliphatic carbocycles. The Bertz CT molecular complexity index is 139. The van der Waals surface area contributed by atoms with Gasteiger partial charge in [0.15, 0.2) is 0 Å². The van der Waals surface area contributed by atoms with Gasteiger partial charge in [0.05, 0.1) is 5.97 Å². The molecule has 8 nitrogen and oxygen atoms in total. The Morgan fingerprint density at radius 2 is 1.58 bits per heavy atom.